The number of halogens is 1. The Morgan fingerprint density at radius 3 is 2.33 bits per heavy atom. The van der Waals surface area contributed by atoms with Crippen molar-refractivity contribution in [2.45, 2.75) is 32.1 Å². The van der Waals surface area contributed by atoms with E-state index in [0.29, 0.717) is 0 Å². The largest absolute Gasteiger partial charge is 0.0933 e. The van der Waals surface area contributed by atoms with Crippen LogP contribution in [0.4, 0.5) is 0 Å². The van der Waals surface area contributed by atoms with Crippen molar-refractivity contribution in [3.8, 4) is 0 Å². The summed E-state index contributed by atoms with van der Waals surface area (Å²) in [7, 11) is 0. The molecule has 0 nitrogen and oxygen atoms in total. The molecule has 0 aromatic rings. The minimum Gasteiger partial charge on any atom is -0.0933 e. The summed E-state index contributed by atoms with van der Waals surface area (Å²) < 4.78 is 0. The third-order valence-corrected chi connectivity index (χ3v) is 2.14. The Balaban J connectivity index is 2.23. The number of allylic oxidation sites excluding steroid dienone is 1. The Kier molecular flexibility index (Phi) is 3.13. The van der Waals surface area contributed by atoms with Crippen LogP contribution in [0.5, 0.6) is 0 Å². The van der Waals surface area contributed by atoms with Crippen LogP contribution >= 0.6 is 11.6 Å². The Bertz CT molecular complexity index is 90.7. The summed E-state index contributed by atoms with van der Waals surface area (Å²) in [4.78, 5) is 0. The van der Waals surface area contributed by atoms with Gasteiger partial charge in [-0.05, 0) is 18.8 Å². The molecule has 1 aliphatic carbocycles. The maximum atomic E-state index is 5.45. The highest BCUT2D eigenvalue weighted by Gasteiger charge is 2.08. The molecule has 0 radical (unpaired) electrons. The maximum absolute atomic E-state index is 5.45. The van der Waals surface area contributed by atoms with Crippen LogP contribution in [0, 0.1) is 5.92 Å². The van der Waals surface area contributed by atoms with Crippen LogP contribution in [0.1, 0.15) is 32.1 Å². The Morgan fingerprint density at radius 1 is 1.11 bits per heavy atom. The van der Waals surface area contributed by atoms with Gasteiger partial charge in [0.15, 0.2) is 0 Å². The highest BCUT2D eigenvalue weighted by molar-refractivity contribution is 6.25. The molecule has 0 heterocycles. The average molecular weight is 145 g/mol. The van der Waals surface area contributed by atoms with Crippen LogP contribution in [0.25, 0.3) is 0 Å². The van der Waals surface area contributed by atoms with Gasteiger partial charge in [-0.1, -0.05) is 36.9 Å². The second kappa shape index (κ2) is 3.94. The zero-order chi connectivity index (χ0) is 6.53. The fraction of sp³-hybridized carbons (Fsp3) is 0.750. The van der Waals surface area contributed by atoms with Crippen LogP contribution in [0.2, 0.25) is 0 Å². The van der Waals surface area contributed by atoms with Gasteiger partial charge in [0, 0.05) is 5.54 Å². The molecule has 1 heteroatoms. The van der Waals surface area contributed by atoms with E-state index in [9.17, 15) is 0 Å². The first kappa shape index (κ1) is 7.14. The molecule has 0 unspecified atom stereocenters. The van der Waals surface area contributed by atoms with Crippen molar-refractivity contribution in [1.29, 1.82) is 0 Å². The molecule has 1 rings (SSSR count). The second-order valence-corrected chi connectivity index (χ2v) is 2.97. The van der Waals surface area contributed by atoms with Gasteiger partial charge in [-0.25, -0.2) is 0 Å². The third kappa shape index (κ3) is 2.40. The molecular weight excluding hydrogens is 132 g/mol. The lowest BCUT2D eigenvalue weighted by molar-refractivity contribution is 0.420. The van der Waals surface area contributed by atoms with Gasteiger partial charge in [0.25, 0.3) is 0 Å². The molecule has 0 atom stereocenters. The molecule has 0 aromatic carbocycles. The molecule has 0 amide bonds. The summed E-state index contributed by atoms with van der Waals surface area (Å²) >= 11 is 5.45. The Morgan fingerprint density at radius 2 is 1.78 bits per heavy atom. The molecular formula is C8H13Cl. The van der Waals surface area contributed by atoms with Crippen LogP contribution in [0.15, 0.2) is 11.6 Å². The fourth-order valence-electron chi connectivity index (χ4n) is 1.43. The molecule has 0 aliphatic heterocycles. The lowest BCUT2D eigenvalue weighted by Crippen LogP contribution is -2.01. The van der Waals surface area contributed by atoms with E-state index in [2.05, 4.69) is 6.08 Å². The summed E-state index contributed by atoms with van der Waals surface area (Å²) in [6, 6.07) is 0. The van der Waals surface area contributed by atoms with Gasteiger partial charge in [-0.3, -0.25) is 0 Å². The standard InChI is InChI=1S/C8H13Cl/c9-7-6-8-4-2-1-3-5-8/h6-8H,1-5H2/b7-6-. The Labute approximate surface area is 61.9 Å². The second-order valence-electron chi connectivity index (χ2n) is 2.72. The van der Waals surface area contributed by atoms with E-state index in [1.807, 2.05) is 0 Å². The molecule has 9 heavy (non-hydrogen) atoms. The van der Waals surface area contributed by atoms with Crippen molar-refractivity contribution >= 4 is 11.6 Å². The SMILES string of the molecule is Cl/C=C\C1CCCCC1. The van der Waals surface area contributed by atoms with Crippen molar-refractivity contribution in [2.24, 2.45) is 5.92 Å². The molecule has 0 spiro atoms. The van der Waals surface area contributed by atoms with Crippen LogP contribution in [0.3, 0.4) is 0 Å². The highest BCUT2D eigenvalue weighted by Crippen LogP contribution is 2.24. The predicted molar refractivity (Wildman–Crippen MR) is 41.6 cm³/mol. The van der Waals surface area contributed by atoms with Crippen LogP contribution < -0.4 is 0 Å². The van der Waals surface area contributed by atoms with Gasteiger partial charge in [0.2, 0.25) is 0 Å². The minimum atomic E-state index is 0.788. The van der Waals surface area contributed by atoms with Crippen molar-refractivity contribution in [3.63, 3.8) is 0 Å². The lowest BCUT2D eigenvalue weighted by Gasteiger charge is -2.16. The molecule has 1 aliphatic rings. The fourth-order valence-corrected chi connectivity index (χ4v) is 1.64. The van der Waals surface area contributed by atoms with Crippen molar-refractivity contribution < 1.29 is 0 Å². The van der Waals surface area contributed by atoms with E-state index < -0.39 is 0 Å². The minimum absolute atomic E-state index is 0.788. The van der Waals surface area contributed by atoms with E-state index in [-0.39, 0.29) is 0 Å². The van der Waals surface area contributed by atoms with Crippen LogP contribution in [-0.4, -0.2) is 0 Å². The van der Waals surface area contributed by atoms with Gasteiger partial charge < -0.3 is 0 Å². The Hall–Kier alpha value is 0.0300. The average Bonchev–Trinajstić information content (AvgIpc) is 1.91. The highest BCUT2D eigenvalue weighted by atomic mass is 35.5. The predicted octanol–water partition coefficient (Wildman–Crippen LogP) is 3.32. The molecule has 1 saturated carbocycles. The molecule has 0 bridgehead atoms. The van der Waals surface area contributed by atoms with Gasteiger partial charge in [-0.15, -0.1) is 0 Å². The zero-order valence-corrected chi connectivity index (χ0v) is 6.40. The summed E-state index contributed by atoms with van der Waals surface area (Å²) in [5.74, 6) is 0.788. The first-order chi connectivity index (χ1) is 4.43. The van der Waals surface area contributed by atoms with Crippen LogP contribution in [-0.2, 0) is 0 Å². The van der Waals surface area contributed by atoms with Gasteiger partial charge in [0.1, 0.15) is 0 Å². The number of hydrogen-bond acceptors (Lipinski definition) is 0. The van der Waals surface area contributed by atoms with E-state index in [4.69, 9.17) is 11.6 Å². The molecule has 52 valence electrons. The molecule has 0 saturated heterocycles. The zero-order valence-electron chi connectivity index (χ0n) is 5.65. The normalized spacial score (nSPS) is 23.2. The van der Waals surface area contributed by atoms with E-state index >= 15 is 0 Å². The number of rotatable bonds is 1. The van der Waals surface area contributed by atoms with E-state index in [0.717, 1.165) is 5.92 Å². The summed E-state index contributed by atoms with van der Waals surface area (Å²) in [6.45, 7) is 0. The smallest absolute Gasteiger partial charge is 0.000525 e. The maximum Gasteiger partial charge on any atom is 0.000525 e. The van der Waals surface area contributed by atoms with Gasteiger partial charge in [0.05, 0.1) is 0 Å². The number of hydrogen-bond donors (Lipinski definition) is 0. The molecule has 0 N–H and O–H groups in total. The first-order valence-corrected chi connectivity index (χ1v) is 4.14. The monoisotopic (exact) mass is 144 g/mol. The molecule has 1 fully saturated rings. The van der Waals surface area contributed by atoms with Gasteiger partial charge >= 0.3 is 0 Å². The third-order valence-electron chi connectivity index (χ3n) is 1.99. The lowest BCUT2D eigenvalue weighted by atomic mass is 9.90. The topological polar surface area (TPSA) is 0 Å². The van der Waals surface area contributed by atoms with Crippen molar-refractivity contribution in [3.05, 3.63) is 11.6 Å². The van der Waals surface area contributed by atoms with E-state index in [1.165, 1.54) is 32.1 Å². The molecule has 0 aromatic heterocycles. The summed E-state index contributed by atoms with van der Waals surface area (Å²) in [6.07, 6.45) is 9.04. The summed E-state index contributed by atoms with van der Waals surface area (Å²) in [5, 5.41) is 0. The van der Waals surface area contributed by atoms with Crippen molar-refractivity contribution in [1.82, 2.24) is 0 Å². The summed E-state index contributed by atoms with van der Waals surface area (Å²) in [5.41, 5.74) is 1.66. The van der Waals surface area contributed by atoms with E-state index in [1.54, 1.807) is 5.54 Å². The van der Waals surface area contributed by atoms with Crippen molar-refractivity contribution in [2.75, 3.05) is 0 Å². The first-order valence-electron chi connectivity index (χ1n) is 3.70. The quantitative estimate of drug-likeness (QED) is 0.530. The van der Waals surface area contributed by atoms with Gasteiger partial charge in [-0.2, -0.15) is 0 Å².